The number of amides is 1. The highest BCUT2D eigenvalue weighted by atomic mass is 16.5. The zero-order valence-electron chi connectivity index (χ0n) is 14.0. The number of pyridine rings is 1. The fourth-order valence-corrected chi connectivity index (χ4v) is 2.54. The van der Waals surface area contributed by atoms with E-state index in [0.717, 1.165) is 22.3 Å². The molecular weight excluding hydrogens is 300 g/mol. The van der Waals surface area contributed by atoms with Gasteiger partial charge in [0.05, 0.1) is 17.3 Å². The van der Waals surface area contributed by atoms with E-state index in [-0.39, 0.29) is 12.0 Å². The SMILES string of the molecule is Cc1ccc2c(NC(=O)c3cccc(OC(C)C)c3)cccc2n1. The van der Waals surface area contributed by atoms with Crippen molar-refractivity contribution in [2.75, 3.05) is 5.32 Å². The number of hydrogen-bond donors (Lipinski definition) is 1. The minimum absolute atomic E-state index is 0.0655. The van der Waals surface area contributed by atoms with Gasteiger partial charge in [-0.05, 0) is 63.2 Å². The quantitative estimate of drug-likeness (QED) is 0.765. The van der Waals surface area contributed by atoms with Crippen LogP contribution in [-0.4, -0.2) is 17.0 Å². The Morgan fingerprint density at radius 2 is 1.88 bits per heavy atom. The van der Waals surface area contributed by atoms with E-state index in [0.29, 0.717) is 11.3 Å². The van der Waals surface area contributed by atoms with Gasteiger partial charge in [-0.25, -0.2) is 0 Å². The molecule has 1 N–H and O–H groups in total. The molecule has 0 aliphatic rings. The van der Waals surface area contributed by atoms with Crippen LogP contribution in [0.15, 0.2) is 54.6 Å². The molecule has 4 heteroatoms. The molecule has 0 saturated heterocycles. The molecule has 0 atom stereocenters. The maximum atomic E-state index is 12.6. The lowest BCUT2D eigenvalue weighted by Crippen LogP contribution is -2.13. The van der Waals surface area contributed by atoms with Crippen LogP contribution in [0, 0.1) is 6.92 Å². The third kappa shape index (κ3) is 3.54. The van der Waals surface area contributed by atoms with E-state index < -0.39 is 0 Å². The molecular formula is C20H20N2O2. The molecule has 1 amide bonds. The van der Waals surface area contributed by atoms with Gasteiger partial charge in [-0.1, -0.05) is 12.1 Å². The van der Waals surface area contributed by atoms with Crippen molar-refractivity contribution in [2.24, 2.45) is 0 Å². The van der Waals surface area contributed by atoms with Crippen molar-refractivity contribution in [2.45, 2.75) is 26.9 Å². The molecule has 0 saturated carbocycles. The Balaban J connectivity index is 1.87. The topological polar surface area (TPSA) is 51.2 Å². The van der Waals surface area contributed by atoms with Crippen LogP contribution in [0.1, 0.15) is 29.9 Å². The maximum Gasteiger partial charge on any atom is 0.255 e. The second-order valence-corrected chi connectivity index (χ2v) is 5.97. The Morgan fingerprint density at radius 1 is 1.08 bits per heavy atom. The number of carbonyl (C=O) groups excluding carboxylic acids is 1. The monoisotopic (exact) mass is 320 g/mol. The Labute approximate surface area is 141 Å². The van der Waals surface area contributed by atoms with Gasteiger partial charge in [-0.15, -0.1) is 0 Å². The fourth-order valence-electron chi connectivity index (χ4n) is 2.54. The second-order valence-electron chi connectivity index (χ2n) is 5.97. The zero-order chi connectivity index (χ0) is 17.1. The van der Waals surface area contributed by atoms with Crippen LogP contribution >= 0.6 is 0 Å². The summed E-state index contributed by atoms with van der Waals surface area (Å²) < 4.78 is 5.65. The first-order valence-corrected chi connectivity index (χ1v) is 7.97. The van der Waals surface area contributed by atoms with Crippen LogP contribution in [0.4, 0.5) is 5.69 Å². The van der Waals surface area contributed by atoms with Gasteiger partial charge in [0.1, 0.15) is 5.75 Å². The van der Waals surface area contributed by atoms with E-state index >= 15 is 0 Å². The number of anilines is 1. The highest BCUT2D eigenvalue weighted by Crippen LogP contribution is 2.23. The molecule has 0 fully saturated rings. The summed E-state index contributed by atoms with van der Waals surface area (Å²) in [6, 6.07) is 16.8. The van der Waals surface area contributed by atoms with Crippen molar-refractivity contribution in [3.8, 4) is 5.75 Å². The number of aromatic nitrogens is 1. The molecule has 0 bridgehead atoms. The molecule has 1 heterocycles. The first-order valence-electron chi connectivity index (χ1n) is 7.97. The van der Waals surface area contributed by atoms with Crippen LogP contribution in [0.25, 0.3) is 10.9 Å². The molecule has 3 aromatic rings. The number of aryl methyl sites for hydroxylation is 1. The Morgan fingerprint density at radius 3 is 2.67 bits per heavy atom. The zero-order valence-corrected chi connectivity index (χ0v) is 14.0. The van der Waals surface area contributed by atoms with Gasteiger partial charge in [0.25, 0.3) is 5.91 Å². The first-order chi connectivity index (χ1) is 11.5. The molecule has 3 rings (SSSR count). The summed E-state index contributed by atoms with van der Waals surface area (Å²) >= 11 is 0. The molecule has 0 aliphatic heterocycles. The summed E-state index contributed by atoms with van der Waals surface area (Å²) in [5.41, 5.74) is 3.12. The van der Waals surface area contributed by atoms with Crippen LogP contribution in [0.5, 0.6) is 5.75 Å². The predicted molar refractivity (Wildman–Crippen MR) is 96.6 cm³/mol. The highest BCUT2D eigenvalue weighted by molar-refractivity contribution is 6.08. The fraction of sp³-hybridized carbons (Fsp3) is 0.200. The largest absolute Gasteiger partial charge is 0.491 e. The molecule has 0 unspecified atom stereocenters. The third-order valence-corrected chi connectivity index (χ3v) is 3.59. The Hall–Kier alpha value is -2.88. The average Bonchev–Trinajstić information content (AvgIpc) is 2.54. The van der Waals surface area contributed by atoms with Gasteiger partial charge in [0.2, 0.25) is 0 Å². The molecule has 1 aromatic heterocycles. The second kappa shape index (κ2) is 6.71. The van der Waals surface area contributed by atoms with E-state index in [1.165, 1.54) is 0 Å². The van der Waals surface area contributed by atoms with Crippen LogP contribution < -0.4 is 10.1 Å². The number of carbonyl (C=O) groups is 1. The number of hydrogen-bond acceptors (Lipinski definition) is 3. The Kier molecular flexibility index (Phi) is 4.47. The maximum absolute atomic E-state index is 12.6. The minimum Gasteiger partial charge on any atom is -0.491 e. The van der Waals surface area contributed by atoms with Crippen molar-refractivity contribution < 1.29 is 9.53 Å². The molecule has 4 nitrogen and oxygen atoms in total. The predicted octanol–water partition coefficient (Wildman–Crippen LogP) is 4.58. The van der Waals surface area contributed by atoms with Gasteiger partial charge < -0.3 is 10.1 Å². The lowest BCUT2D eigenvalue weighted by molar-refractivity contribution is 0.102. The number of rotatable bonds is 4. The molecule has 0 spiro atoms. The summed E-state index contributed by atoms with van der Waals surface area (Å²) in [5.74, 6) is 0.519. The van der Waals surface area contributed by atoms with Crippen LogP contribution in [-0.2, 0) is 0 Å². The number of benzene rings is 2. The molecule has 2 aromatic carbocycles. The van der Waals surface area contributed by atoms with E-state index in [1.54, 1.807) is 12.1 Å². The lowest BCUT2D eigenvalue weighted by atomic mass is 10.1. The molecule has 24 heavy (non-hydrogen) atoms. The standard InChI is InChI=1S/C20H20N2O2/c1-13(2)24-16-7-4-6-15(12-16)20(23)22-19-9-5-8-18-17(19)11-10-14(3)21-18/h4-13H,1-3H3,(H,22,23). The van der Waals surface area contributed by atoms with Crippen molar-refractivity contribution in [1.82, 2.24) is 4.98 Å². The third-order valence-electron chi connectivity index (χ3n) is 3.59. The van der Waals surface area contributed by atoms with Crippen LogP contribution in [0.3, 0.4) is 0 Å². The summed E-state index contributed by atoms with van der Waals surface area (Å²) in [5, 5.41) is 3.89. The number of nitrogens with one attached hydrogen (secondary N) is 1. The van der Waals surface area contributed by atoms with Gasteiger partial charge in [0, 0.05) is 16.6 Å². The summed E-state index contributed by atoms with van der Waals surface area (Å²) in [6.45, 7) is 5.86. The van der Waals surface area contributed by atoms with E-state index in [4.69, 9.17) is 4.74 Å². The van der Waals surface area contributed by atoms with E-state index in [9.17, 15) is 4.79 Å². The highest BCUT2D eigenvalue weighted by Gasteiger charge is 2.10. The van der Waals surface area contributed by atoms with E-state index in [1.807, 2.05) is 63.2 Å². The number of fused-ring (bicyclic) bond motifs is 1. The summed E-state index contributed by atoms with van der Waals surface area (Å²) in [4.78, 5) is 17.1. The van der Waals surface area contributed by atoms with Gasteiger partial charge in [-0.2, -0.15) is 0 Å². The van der Waals surface area contributed by atoms with Crippen molar-refractivity contribution in [1.29, 1.82) is 0 Å². The van der Waals surface area contributed by atoms with Gasteiger partial charge in [0.15, 0.2) is 0 Å². The number of nitrogens with zero attached hydrogens (tertiary/aromatic N) is 1. The van der Waals surface area contributed by atoms with Crippen molar-refractivity contribution in [3.63, 3.8) is 0 Å². The van der Waals surface area contributed by atoms with Gasteiger partial charge in [-0.3, -0.25) is 9.78 Å². The molecule has 0 aliphatic carbocycles. The summed E-state index contributed by atoms with van der Waals surface area (Å²) in [6.07, 6.45) is 0.0655. The lowest BCUT2D eigenvalue weighted by Gasteiger charge is -2.12. The molecule has 0 radical (unpaired) electrons. The summed E-state index contributed by atoms with van der Waals surface area (Å²) in [7, 11) is 0. The van der Waals surface area contributed by atoms with Crippen molar-refractivity contribution >= 4 is 22.5 Å². The minimum atomic E-state index is -0.169. The van der Waals surface area contributed by atoms with Gasteiger partial charge >= 0.3 is 0 Å². The van der Waals surface area contributed by atoms with Crippen molar-refractivity contribution in [3.05, 3.63) is 65.9 Å². The van der Waals surface area contributed by atoms with E-state index in [2.05, 4.69) is 10.3 Å². The average molecular weight is 320 g/mol. The number of ether oxygens (including phenoxy) is 1. The smallest absolute Gasteiger partial charge is 0.255 e. The normalized spacial score (nSPS) is 10.8. The Bertz CT molecular complexity index is 888. The molecule has 122 valence electrons. The van der Waals surface area contributed by atoms with Crippen LogP contribution in [0.2, 0.25) is 0 Å². The first kappa shape index (κ1) is 16.0.